The molecule has 162 valence electrons. The average molecular weight is 415 g/mol. The van der Waals surface area contributed by atoms with Crippen molar-refractivity contribution < 1.29 is 23.1 Å². The largest absolute Gasteiger partial charge is 0.481 e. The highest BCUT2D eigenvalue weighted by atomic mass is 32.2. The maximum Gasteiger partial charge on any atom is 0.309 e. The highest BCUT2D eigenvalue weighted by Gasteiger charge is 2.49. The van der Waals surface area contributed by atoms with Crippen molar-refractivity contribution in [2.45, 2.75) is 90.8 Å². The number of ether oxygens (including phenoxy) is 1. The van der Waals surface area contributed by atoms with E-state index in [0.29, 0.717) is 12.2 Å². The van der Waals surface area contributed by atoms with Crippen LogP contribution in [0.1, 0.15) is 78.6 Å². The molecular formula is C22H38O5S. The molecule has 1 N–H and O–H groups in total. The number of hydrogen-bond acceptors (Lipinski definition) is 4. The Hall–Kier alpha value is -0.880. The van der Waals surface area contributed by atoms with E-state index < -0.39 is 21.2 Å². The molecule has 0 unspecified atom stereocenters. The number of allylic oxidation sites excluding steroid dienone is 2. The second kappa shape index (κ2) is 10.2. The van der Waals surface area contributed by atoms with E-state index in [1.165, 1.54) is 0 Å². The lowest BCUT2D eigenvalue weighted by Gasteiger charge is -2.27. The molecule has 0 aromatic heterocycles. The molecule has 2 aliphatic heterocycles. The Labute approximate surface area is 170 Å². The first-order chi connectivity index (χ1) is 13.2. The van der Waals surface area contributed by atoms with Crippen molar-refractivity contribution in [3.8, 4) is 0 Å². The predicted molar refractivity (Wildman–Crippen MR) is 112 cm³/mol. The smallest absolute Gasteiger partial charge is 0.309 e. The van der Waals surface area contributed by atoms with Gasteiger partial charge in [0, 0.05) is 5.92 Å². The molecule has 2 saturated heterocycles. The fourth-order valence-corrected chi connectivity index (χ4v) is 6.33. The number of hydrogen-bond donors (Lipinski definition) is 1. The van der Waals surface area contributed by atoms with Gasteiger partial charge in [0.15, 0.2) is 9.84 Å². The zero-order valence-corrected chi connectivity index (χ0v) is 18.5. The van der Waals surface area contributed by atoms with E-state index in [0.717, 1.165) is 51.4 Å². The zero-order valence-electron chi connectivity index (χ0n) is 17.7. The number of rotatable bonds is 13. The summed E-state index contributed by atoms with van der Waals surface area (Å²) >= 11 is 0. The van der Waals surface area contributed by atoms with E-state index in [1.807, 2.05) is 6.08 Å². The Bertz CT molecular complexity index is 637. The maximum atomic E-state index is 12.6. The van der Waals surface area contributed by atoms with Crippen LogP contribution in [0.4, 0.5) is 0 Å². The van der Waals surface area contributed by atoms with Gasteiger partial charge in [-0.15, -0.1) is 0 Å². The molecule has 2 heterocycles. The second-order valence-corrected chi connectivity index (χ2v) is 11.5. The Balaban J connectivity index is 1.85. The molecule has 6 heteroatoms. The van der Waals surface area contributed by atoms with Gasteiger partial charge in [0.25, 0.3) is 0 Å². The summed E-state index contributed by atoms with van der Waals surface area (Å²) in [5.41, 5.74) is -0.714. The lowest BCUT2D eigenvalue weighted by atomic mass is 9.78. The van der Waals surface area contributed by atoms with Crippen LogP contribution in [0.2, 0.25) is 0 Å². The standard InChI is InChI=1S/C22H38O5S/c1-4-5-6-10-15-28(25,26)16-18-17(19-12-13-20(18)27-19)11-8-7-9-14-22(2,3)21(23)24/h7-8,17-20H,4-6,9-16H2,1-3H3,(H,23,24)/t17-,18+,19-,20+/m0/s1. The van der Waals surface area contributed by atoms with Crippen LogP contribution in [0, 0.1) is 17.3 Å². The van der Waals surface area contributed by atoms with Gasteiger partial charge in [0.05, 0.1) is 29.1 Å². The van der Waals surface area contributed by atoms with Crippen LogP contribution >= 0.6 is 0 Å². The number of carboxylic acids is 1. The molecule has 0 saturated carbocycles. The third-order valence-corrected chi connectivity index (χ3v) is 8.24. The van der Waals surface area contributed by atoms with Crippen molar-refractivity contribution in [3.05, 3.63) is 12.2 Å². The second-order valence-electron chi connectivity index (χ2n) is 9.23. The van der Waals surface area contributed by atoms with Gasteiger partial charge in [0.2, 0.25) is 0 Å². The number of carboxylic acid groups (broad SMARTS) is 1. The van der Waals surface area contributed by atoms with Crippen LogP contribution in [0.5, 0.6) is 0 Å². The van der Waals surface area contributed by atoms with Crippen molar-refractivity contribution in [2.24, 2.45) is 17.3 Å². The highest BCUT2D eigenvalue weighted by Crippen LogP contribution is 2.45. The number of aliphatic carboxylic acids is 1. The minimum atomic E-state index is -3.03. The van der Waals surface area contributed by atoms with Gasteiger partial charge in [-0.2, -0.15) is 0 Å². The van der Waals surface area contributed by atoms with Gasteiger partial charge >= 0.3 is 5.97 Å². The minimum absolute atomic E-state index is 0.0970. The summed E-state index contributed by atoms with van der Waals surface area (Å²) in [4.78, 5) is 11.2. The zero-order chi connectivity index (χ0) is 20.8. The average Bonchev–Trinajstić information content (AvgIpc) is 3.20. The van der Waals surface area contributed by atoms with Crippen molar-refractivity contribution in [2.75, 3.05) is 11.5 Å². The number of sulfone groups is 1. The number of carbonyl (C=O) groups is 1. The molecule has 0 spiro atoms. The molecule has 0 aliphatic carbocycles. The van der Waals surface area contributed by atoms with E-state index in [9.17, 15) is 18.3 Å². The Morgan fingerprint density at radius 1 is 1.11 bits per heavy atom. The van der Waals surface area contributed by atoms with Gasteiger partial charge in [0.1, 0.15) is 0 Å². The van der Waals surface area contributed by atoms with E-state index in [1.54, 1.807) is 13.8 Å². The SMILES string of the molecule is CCCCCCS(=O)(=O)C[C@@H]1[C@H](CC=CCCC(C)(C)C(=O)O)[C@@H]2CC[C@H]1O2. The lowest BCUT2D eigenvalue weighted by Crippen LogP contribution is -2.33. The summed E-state index contributed by atoms with van der Waals surface area (Å²) in [6.07, 6.45) is 12.6. The molecule has 2 fully saturated rings. The van der Waals surface area contributed by atoms with Crippen LogP contribution in [-0.4, -0.2) is 43.2 Å². The molecule has 0 aromatic carbocycles. The van der Waals surface area contributed by atoms with Gasteiger partial charge in [-0.05, 0) is 58.3 Å². The first-order valence-corrected chi connectivity index (χ1v) is 12.7. The summed E-state index contributed by atoms with van der Waals surface area (Å²) < 4.78 is 31.2. The minimum Gasteiger partial charge on any atom is -0.481 e. The van der Waals surface area contributed by atoms with E-state index >= 15 is 0 Å². The van der Waals surface area contributed by atoms with Gasteiger partial charge < -0.3 is 9.84 Å². The van der Waals surface area contributed by atoms with Crippen molar-refractivity contribution in [1.82, 2.24) is 0 Å². The molecule has 4 atom stereocenters. The summed E-state index contributed by atoms with van der Waals surface area (Å²) in [5, 5.41) is 9.18. The molecule has 0 aromatic rings. The number of unbranched alkanes of at least 4 members (excludes halogenated alkanes) is 3. The van der Waals surface area contributed by atoms with Crippen LogP contribution < -0.4 is 0 Å². The van der Waals surface area contributed by atoms with Crippen LogP contribution in [0.25, 0.3) is 0 Å². The van der Waals surface area contributed by atoms with E-state index in [2.05, 4.69) is 13.0 Å². The van der Waals surface area contributed by atoms with Crippen LogP contribution in [0.15, 0.2) is 12.2 Å². The highest BCUT2D eigenvalue weighted by molar-refractivity contribution is 7.91. The maximum absolute atomic E-state index is 12.6. The van der Waals surface area contributed by atoms with Crippen molar-refractivity contribution >= 4 is 15.8 Å². The molecule has 5 nitrogen and oxygen atoms in total. The molecule has 28 heavy (non-hydrogen) atoms. The molecule has 2 bridgehead atoms. The van der Waals surface area contributed by atoms with Crippen molar-refractivity contribution in [3.63, 3.8) is 0 Å². The lowest BCUT2D eigenvalue weighted by molar-refractivity contribution is -0.147. The first kappa shape index (κ1) is 23.4. The predicted octanol–water partition coefficient (Wildman–Crippen LogP) is 4.61. The molecule has 0 radical (unpaired) electrons. The van der Waals surface area contributed by atoms with E-state index in [4.69, 9.17) is 4.74 Å². The third-order valence-electron chi connectivity index (χ3n) is 6.44. The van der Waals surface area contributed by atoms with Crippen molar-refractivity contribution in [1.29, 1.82) is 0 Å². The normalized spacial score (nSPS) is 27.7. The monoisotopic (exact) mass is 414 g/mol. The summed E-state index contributed by atoms with van der Waals surface area (Å²) in [6.45, 7) is 5.62. The molecule has 2 aliphatic rings. The Kier molecular flexibility index (Phi) is 8.56. The summed E-state index contributed by atoms with van der Waals surface area (Å²) in [7, 11) is -3.03. The molecular weight excluding hydrogens is 376 g/mol. The molecule has 0 amide bonds. The van der Waals surface area contributed by atoms with Gasteiger partial charge in [-0.1, -0.05) is 38.3 Å². The van der Waals surface area contributed by atoms with Gasteiger partial charge in [-0.25, -0.2) is 8.42 Å². The summed E-state index contributed by atoms with van der Waals surface area (Å²) in [6, 6.07) is 0. The Morgan fingerprint density at radius 2 is 1.79 bits per heavy atom. The first-order valence-electron chi connectivity index (χ1n) is 10.9. The molecule has 2 rings (SSSR count). The Morgan fingerprint density at radius 3 is 2.43 bits per heavy atom. The van der Waals surface area contributed by atoms with E-state index in [-0.39, 0.29) is 29.8 Å². The third kappa shape index (κ3) is 6.58. The number of fused-ring (bicyclic) bond motifs is 2. The summed E-state index contributed by atoms with van der Waals surface area (Å²) in [5.74, 6) is 0.160. The van der Waals surface area contributed by atoms with Crippen LogP contribution in [-0.2, 0) is 19.4 Å². The topological polar surface area (TPSA) is 80.7 Å². The fraction of sp³-hybridized carbons (Fsp3) is 0.864. The van der Waals surface area contributed by atoms with Gasteiger partial charge in [-0.3, -0.25) is 4.79 Å². The van der Waals surface area contributed by atoms with Crippen LogP contribution in [0.3, 0.4) is 0 Å². The quantitative estimate of drug-likeness (QED) is 0.351. The fourth-order valence-electron chi connectivity index (χ4n) is 4.48.